The summed E-state index contributed by atoms with van der Waals surface area (Å²) in [5, 5.41) is 3.63. The van der Waals surface area contributed by atoms with Crippen molar-refractivity contribution in [3.05, 3.63) is 59.1 Å². The van der Waals surface area contributed by atoms with Gasteiger partial charge in [0.05, 0.1) is 18.3 Å². The molecule has 2 amide bonds. The van der Waals surface area contributed by atoms with E-state index >= 15 is 0 Å². The van der Waals surface area contributed by atoms with Crippen LogP contribution < -0.4 is 15.0 Å². The summed E-state index contributed by atoms with van der Waals surface area (Å²) in [5.74, 6) is 0.488. The van der Waals surface area contributed by atoms with Crippen molar-refractivity contribution in [2.75, 3.05) is 18.1 Å². The first-order valence-electron chi connectivity index (χ1n) is 9.15. The highest BCUT2D eigenvalue weighted by molar-refractivity contribution is 6.30. The molecule has 3 rings (SSSR count). The molecule has 1 aliphatic heterocycles. The number of fused-ring (bicyclic) bond motifs is 1. The Morgan fingerprint density at radius 2 is 2.00 bits per heavy atom. The SMILES string of the molecule is CCC(NC(=O)CCC(=O)N1CCOc2ccccc21)c1cccc(Cl)c1. The maximum atomic E-state index is 12.6. The van der Waals surface area contributed by atoms with E-state index in [1.165, 1.54) is 0 Å². The van der Waals surface area contributed by atoms with Gasteiger partial charge in [0.1, 0.15) is 12.4 Å². The summed E-state index contributed by atoms with van der Waals surface area (Å²) in [6.07, 6.45) is 1.05. The number of anilines is 1. The molecule has 5 nitrogen and oxygen atoms in total. The van der Waals surface area contributed by atoms with Crippen LogP contribution in [-0.2, 0) is 9.59 Å². The minimum Gasteiger partial charge on any atom is -0.490 e. The third kappa shape index (κ3) is 4.80. The van der Waals surface area contributed by atoms with Gasteiger partial charge in [0.2, 0.25) is 11.8 Å². The lowest BCUT2D eigenvalue weighted by molar-refractivity contribution is -0.125. The summed E-state index contributed by atoms with van der Waals surface area (Å²) in [4.78, 5) is 26.7. The molecular formula is C21H23ClN2O3. The number of para-hydroxylation sites is 2. The van der Waals surface area contributed by atoms with E-state index in [-0.39, 0.29) is 30.7 Å². The molecule has 2 aromatic carbocycles. The molecular weight excluding hydrogens is 364 g/mol. The fraction of sp³-hybridized carbons (Fsp3) is 0.333. The molecule has 0 saturated heterocycles. The molecule has 0 radical (unpaired) electrons. The maximum Gasteiger partial charge on any atom is 0.227 e. The summed E-state index contributed by atoms with van der Waals surface area (Å²) in [7, 11) is 0. The maximum absolute atomic E-state index is 12.6. The summed E-state index contributed by atoms with van der Waals surface area (Å²) in [5.41, 5.74) is 1.73. The van der Waals surface area contributed by atoms with Crippen LogP contribution in [0.4, 0.5) is 5.69 Å². The van der Waals surface area contributed by atoms with E-state index in [0.29, 0.717) is 23.9 Å². The Balaban J connectivity index is 1.57. The Morgan fingerprint density at radius 3 is 2.78 bits per heavy atom. The lowest BCUT2D eigenvalue weighted by Gasteiger charge is -2.29. The van der Waals surface area contributed by atoms with Crippen LogP contribution in [0.5, 0.6) is 5.75 Å². The van der Waals surface area contributed by atoms with Gasteiger partial charge in [-0.2, -0.15) is 0 Å². The number of rotatable bonds is 6. The number of nitrogens with one attached hydrogen (secondary N) is 1. The highest BCUT2D eigenvalue weighted by Crippen LogP contribution is 2.31. The van der Waals surface area contributed by atoms with Gasteiger partial charge in [-0.3, -0.25) is 9.59 Å². The van der Waals surface area contributed by atoms with E-state index in [4.69, 9.17) is 16.3 Å². The normalized spacial score (nSPS) is 14.1. The highest BCUT2D eigenvalue weighted by atomic mass is 35.5. The van der Waals surface area contributed by atoms with Gasteiger partial charge < -0.3 is 15.0 Å². The van der Waals surface area contributed by atoms with Crippen LogP contribution in [0.3, 0.4) is 0 Å². The summed E-state index contributed by atoms with van der Waals surface area (Å²) in [6, 6.07) is 14.8. The largest absolute Gasteiger partial charge is 0.490 e. The zero-order valence-corrected chi connectivity index (χ0v) is 16.0. The Hall–Kier alpha value is -2.53. The van der Waals surface area contributed by atoms with Crippen LogP contribution in [0.25, 0.3) is 0 Å². The summed E-state index contributed by atoms with van der Waals surface area (Å²) in [6.45, 7) is 2.96. The monoisotopic (exact) mass is 386 g/mol. The van der Waals surface area contributed by atoms with Crippen molar-refractivity contribution in [2.24, 2.45) is 0 Å². The highest BCUT2D eigenvalue weighted by Gasteiger charge is 2.24. The van der Waals surface area contributed by atoms with Crippen molar-refractivity contribution < 1.29 is 14.3 Å². The van der Waals surface area contributed by atoms with Gasteiger partial charge >= 0.3 is 0 Å². The molecule has 2 aromatic rings. The number of hydrogen-bond donors (Lipinski definition) is 1. The Labute approximate surface area is 164 Å². The molecule has 1 N–H and O–H groups in total. The van der Waals surface area contributed by atoms with Crippen molar-refractivity contribution in [3.8, 4) is 5.75 Å². The molecule has 6 heteroatoms. The molecule has 1 atom stereocenters. The quantitative estimate of drug-likeness (QED) is 0.812. The third-order valence-electron chi connectivity index (χ3n) is 4.59. The number of ether oxygens (including phenoxy) is 1. The molecule has 0 fully saturated rings. The van der Waals surface area contributed by atoms with Crippen LogP contribution in [0, 0.1) is 0 Å². The molecule has 0 spiro atoms. The number of carbonyl (C=O) groups is 2. The molecule has 0 bridgehead atoms. The molecule has 1 aliphatic rings. The smallest absolute Gasteiger partial charge is 0.227 e. The van der Waals surface area contributed by atoms with Crippen molar-refractivity contribution in [2.45, 2.75) is 32.2 Å². The Bertz CT molecular complexity index is 825. The number of halogens is 1. The zero-order chi connectivity index (χ0) is 19.2. The minimum absolute atomic E-state index is 0.0725. The fourth-order valence-corrected chi connectivity index (χ4v) is 3.39. The first-order valence-corrected chi connectivity index (χ1v) is 9.53. The van der Waals surface area contributed by atoms with Gasteiger partial charge in [-0.1, -0.05) is 42.8 Å². The lowest BCUT2D eigenvalue weighted by Crippen LogP contribution is -2.38. The second-order valence-electron chi connectivity index (χ2n) is 6.44. The minimum atomic E-state index is -0.142. The predicted octanol–water partition coefficient (Wildman–Crippen LogP) is 4.11. The van der Waals surface area contributed by atoms with Gasteiger partial charge in [0.25, 0.3) is 0 Å². The fourth-order valence-electron chi connectivity index (χ4n) is 3.19. The number of benzene rings is 2. The summed E-state index contributed by atoms with van der Waals surface area (Å²) >= 11 is 6.04. The summed E-state index contributed by atoms with van der Waals surface area (Å²) < 4.78 is 5.57. The van der Waals surface area contributed by atoms with E-state index < -0.39 is 0 Å². The van der Waals surface area contributed by atoms with E-state index in [1.807, 2.05) is 49.4 Å². The standard InChI is InChI=1S/C21H23ClN2O3/c1-2-17(15-6-5-7-16(22)14-15)23-20(25)10-11-21(26)24-12-13-27-19-9-4-3-8-18(19)24/h3-9,14,17H,2,10-13H2,1H3,(H,23,25). The van der Waals surface area contributed by atoms with E-state index in [9.17, 15) is 9.59 Å². The first-order chi connectivity index (χ1) is 13.1. The molecule has 1 heterocycles. The second kappa shape index (κ2) is 8.91. The van der Waals surface area contributed by atoms with Gasteiger partial charge in [0, 0.05) is 17.9 Å². The van der Waals surface area contributed by atoms with Crippen LogP contribution in [-0.4, -0.2) is 25.0 Å². The molecule has 142 valence electrons. The second-order valence-corrected chi connectivity index (χ2v) is 6.88. The zero-order valence-electron chi connectivity index (χ0n) is 15.3. The van der Waals surface area contributed by atoms with E-state index in [1.54, 1.807) is 11.0 Å². The number of amides is 2. The lowest BCUT2D eigenvalue weighted by atomic mass is 10.0. The van der Waals surface area contributed by atoms with Crippen LogP contribution in [0.2, 0.25) is 5.02 Å². The van der Waals surface area contributed by atoms with Gasteiger partial charge in [-0.25, -0.2) is 0 Å². The molecule has 0 aliphatic carbocycles. The van der Waals surface area contributed by atoms with Crippen molar-refractivity contribution in [1.29, 1.82) is 0 Å². The van der Waals surface area contributed by atoms with E-state index in [2.05, 4.69) is 5.32 Å². The Morgan fingerprint density at radius 1 is 1.19 bits per heavy atom. The number of hydrogen-bond acceptors (Lipinski definition) is 3. The van der Waals surface area contributed by atoms with Gasteiger partial charge in [-0.15, -0.1) is 0 Å². The molecule has 27 heavy (non-hydrogen) atoms. The Kier molecular flexibility index (Phi) is 6.35. The predicted molar refractivity (Wildman–Crippen MR) is 106 cm³/mol. The molecule has 0 aromatic heterocycles. The van der Waals surface area contributed by atoms with Crippen LogP contribution in [0.15, 0.2) is 48.5 Å². The molecule has 1 unspecified atom stereocenters. The molecule has 0 saturated carbocycles. The first kappa shape index (κ1) is 19.2. The van der Waals surface area contributed by atoms with Crippen LogP contribution in [0.1, 0.15) is 37.8 Å². The average molecular weight is 387 g/mol. The number of nitrogens with zero attached hydrogens (tertiary/aromatic N) is 1. The van der Waals surface area contributed by atoms with Crippen molar-refractivity contribution in [1.82, 2.24) is 5.32 Å². The van der Waals surface area contributed by atoms with Gasteiger partial charge in [0.15, 0.2) is 0 Å². The average Bonchev–Trinajstić information content (AvgIpc) is 2.69. The third-order valence-corrected chi connectivity index (χ3v) is 4.83. The van der Waals surface area contributed by atoms with E-state index in [0.717, 1.165) is 17.7 Å². The number of carbonyl (C=O) groups excluding carboxylic acids is 2. The van der Waals surface area contributed by atoms with Crippen LogP contribution >= 0.6 is 11.6 Å². The van der Waals surface area contributed by atoms with Crippen molar-refractivity contribution >= 4 is 29.1 Å². The van der Waals surface area contributed by atoms with Gasteiger partial charge in [-0.05, 0) is 36.2 Å². The topological polar surface area (TPSA) is 58.6 Å². The van der Waals surface area contributed by atoms with Crippen molar-refractivity contribution in [3.63, 3.8) is 0 Å².